The Hall–Kier alpha value is -2.26. The van der Waals surface area contributed by atoms with Gasteiger partial charge in [-0.1, -0.05) is 0 Å². The SMILES string of the molecule is O=C(Nc1c[nH]c2ccc(OCCC3C[C@@H]4CN(CC(F)(F)F)C[C@@H]4C3)cc12)C1CC(CO)C1. The average molecular weight is 480 g/mol. The summed E-state index contributed by atoms with van der Waals surface area (Å²) in [5.41, 5.74) is 1.64. The number of aliphatic hydroxyl groups excluding tert-OH is 1. The molecule has 3 fully saturated rings. The zero-order valence-electron chi connectivity index (χ0n) is 19.1. The number of nitrogens with one attached hydrogen (secondary N) is 2. The van der Waals surface area contributed by atoms with Gasteiger partial charge in [0.15, 0.2) is 0 Å². The molecule has 1 aromatic heterocycles. The number of aromatic amines is 1. The third-order valence-corrected chi connectivity index (χ3v) is 7.90. The monoisotopic (exact) mass is 479 g/mol. The summed E-state index contributed by atoms with van der Waals surface area (Å²) < 4.78 is 43.9. The van der Waals surface area contributed by atoms with Crippen molar-refractivity contribution in [1.29, 1.82) is 0 Å². The number of alkyl halides is 3. The van der Waals surface area contributed by atoms with Gasteiger partial charge in [0, 0.05) is 42.7 Å². The lowest BCUT2D eigenvalue weighted by Gasteiger charge is -2.32. The third-order valence-electron chi connectivity index (χ3n) is 7.90. The summed E-state index contributed by atoms with van der Waals surface area (Å²) in [6.07, 6.45) is 1.98. The molecule has 0 radical (unpaired) electrons. The molecule has 0 bridgehead atoms. The summed E-state index contributed by atoms with van der Waals surface area (Å²) in [5, 5.41) is 13.0. The highest BCUT2D eigenvalue weighted by molar-refractivity contribution is 6.03. The molecule has 34 heavy (non-hydrogen) atoms. The molecule has 2 aliphatic carbocycles. The summed E-state index contributed by atoms with van der Waals surface area (Å²) in [4.78, 5) is 17.2. The second-order valence-corrected chi connectivity index (χ2v) is 10.4. The van der Waals surface area contributed by atoms with Crippen LogP contribution in [0.25, 0.3) is 10.9 Å². The van der Waals surface area contributed by atoms with E-state index in [0.29, 0.717) is 37.5 Å². The molecular formula is C25H32F3N3O3. The van der Waals surface area contributed by atoms with Crippen LogP contribution in [0.1, 0.15) is 32.1 Å². The van der Waals surface area contributed by atoms with Crippen molar-refractivity contribution in [2.24, 2.45) is 29.6 Å². The Kier molecular flexibility index (Phi) is 6.50. The Morgan fingerprint density at radius 3 is 2.56 bits per heavy atom. The van der Waals surface area contributed by atoms with Crippen LogP contribution in [-0.4, -0.2) is 59.9 Å². The molecule has 1 saturated heterocycles. The summed E-state index contributed by atoms with van der Waals surface area (Å²) in [6, 6.07) is 5.76. The molecule has 5 rings (SSSR count). The number of nitrogens with zero attached hydrogens (tertiary/aromatic N) is 1. The van der Waals surface area contributed by atoms with Gasteiger partial charge in [-0.25, -0.2) is 0 Å². The molecule has 3 N–H and O–H groups in total. The Labute approximate surface area is 196 Å². The topological polar surface area (TPSA) is 77.6 Å². The van der Waals surface area contributed by atoms with E-state index in [1.807, 2.05) is 18.2 Å². The van der Waals surface area contributed by atoms with E-state index in [-0.39, 0.29) is 24.3 Å². The van der Waals surface area contributed by atoms with Crippen molar-refractivity contribution in [1.82, 2.24) is 9.88 Å². The van der Waals surface area contributed by atoms with Crippen molar-refractivity contribution >= 4 is 22.5 Å². The van der Waals surface area contributed by atoms with Crippen LogP contribution in [0.2, 0.25) is 0 Å². The van der Waals surface area contributed by atoms with Crippen molar-refractivity contribution in [3.63, 3.8) is 0 Å². The maximum Gasteiger partial charge on any atom is 0.401 e. The van der Waals surface area contributed by atoms with Gasteiger partial charge in [0.2, 0.25) is 5.91 Å². The van der Waals surface area contributed by atoms with E-state index in [9.17, 15) is 18.0 Å². The molecule has 2 aromatic rings. The number of rotatable bonds is 8. The summed E-state index contributed by atoms with van der Waals surface area (Å²) in [5.74, 6) is 2.15. The molecule has 6 nitrogen and oxygen atoms in total. The number of aliphatic hydroxyl groups is 1. The number of likely N-dealkylation sites (tertiary alicyclic amines) is 1. The Morgan fingerprint density at radius 1 is 1.15 bits per heavy atom. The standard InChI is InChI=1S/C25H32F3N3O3/c26-25(27,28)14-31-11-18-5-15(6-19(18)12-31)3-4-34-20-1-2-22-21(9-20)23(10-29-22)30-24(33)17-7-16(8-17)13-32/h1-2,9-10,15-19,29,32H,3-8,11-14H2,(H,30,33)/t15?,16?,17?,18-,19+. The van der Waals surface area contributed by atoms with Crippen LogP contribution in [0.4, 0.5) is 18.9 Å². The summed E-state index contributed by atoms with van der Waals surface area (Å²) in [6.45, 7) is 1.03. The number of amides is 1. The number of aromatic nitrogens is 1. The molecule has 1 aliphatic heterocycles. The smallest absolute Gasteiger partial charge is 0.401 e. The Balaban J connectivity index is 1.10. The van der Waals surface area contributed by atoms with Crippen molar-refractivity contribution in [3.8, 4) is 5.75 Å². The van der Waals surface area contributed by atoms with E-state index >= 15 is 0 Å². The number of anilines is 1. The highest BCUT2D eigenvalue weighted by atomic mass is 19.4. The Morgan fingerprint density at radius 2 is 1.88 bits per heavy atom. The first-order valence-corrected chi connectivity index (χ1v) is 12.2. The van der Waals surface area contributed by atoms with Crippen LogP contribution in [0.15, 0.2) is 24.4 Å². The Bertz CT molecular complexity index is 1000. The molecule has 1 unspecified atom stereocenters. The number of carbonyl (C=O) groups is 1. The lowest BCUT2D eigenvalue weighted by molar-refractivity contribution is -0.144. The van der Waals surface area contributed by atoms with Crippen molar-refractivity contribution in [2.75, 3.05) is 38.2 Å². The maximum atomic E-state index is 12.6. The van der Waals surface area contributed by atoms with Crippen molar-refractivity contribution in [2.45, 2.75) is 38.3 Å². The molecule has 0 spiro atoms. The first kappa shape index (κ1) is 23.5. The number of hydrogen-bond donors (Lipinski definition) is 3. The van der Waals surface area contributed by atoms with Gasteiger partial charge in [-0.2, -0.15) is 13.2 Å². The van der Waals surface area contributed by atoms with E-state index in [4.69, 9.17) is 9.84 Å². The molecule has 3 atom stereocenters. The van der Waals surface area contributed by atoms with E-state index < -0.39 is 12.7 Å². The van der Waals surface area contributed by atoms with Gasteiger partial charge in [-0.3, -0.25) is 9.69 Å². The number of carbonyl (C=O) groups excluding carboxylic acids is 1. The van der Waals surface area contributed by atoms with Gasteiger partial charge in [0.25, 0.3) is 0 Å². The predicted octanol–water partition coefficient (Wildman–Crippen LogP) is 4.41. The number of benzene rings is 1. The minimum absolute atomic E-state index is 0.0162. The average Bonchev–Trinajstić information content (AvgIpc) is 3.39. The molecular weight excluding hydrogens is 447 g/mol. The van der Waals surface area contributed by atoms with Gasteiger partial charge >= 0.3 is 6.18 Å². The van der Waals surface area contributed by atoms with Crippen LogP contribution >= 0.6 is 0 Å². The van der Waals surface area contributed by atoms with Gasteiger partial charge in [0.1, 0.15) is 5.75 Å². The third kappa shape index (κ3) is 5.20. The molecule has 9 heteroatoms. The highest BCUT2D eigenvalue weighted by Crippen LogP contribution is 2.43. The van der Waals surface area contributed by atoms with Crippen molar-refractivity contribution < 1.29 is 27.8 Å². The lowest BCUT2D eigenvalue weighted by atomic mass is 9.75. The molecule has 186 valence electrons. The van der Waals surface area contributed by atoms with E-state index in [1.54, 1.807) is 11.1 Å². The van der Waals surface area contributed by atoms with Crippen LogP contribution < -0.4 is 10.1 Å². The number of ether oxygens (including phenoxy) is 1. The van der Waals surface area contributed by atoms with Crippen LogP contribution in [0, 0.1) is 29.6 Å². The fraction of sp³-hybridized carbons (Fsp3) is 0.640. The number of H-pyrrole nitrogens is 1. The van der Waals surface area contributed by atoms with Gasteiger partial charge < -0.3 is 20.1 Å². The molecule has 1 amide bonds. The zero-order chi connectivity index (χ0) is 23.9. The van der Waals surface area contributed by atoms with E-state index in [2.05, 4.69) is 10.3 Å². The fourth-order valence-corrected chi connectivity index (χ4v) is 6.11. The highest BCUT2D eigenvalue weighted by Gasteiger charge is 2.43. The van der Waals surface area contributed by atoms with E-state index in [0.717, 1.165) is 54.4 Å². The first-order valence-electron chi connectivity index (χ1n) is 12.2. The first-order chi connectivity index (χ1) is 16.3. The number of fused-ring (bicyclic) bond motifs is 2. The van der Waals surface area contributed by atoms with Crippen LogP contribution in [0.3, 0.4) is 0 Å². The van der Waals surface area contributed by atoms with Crippen molar-refractivity contribution in [3.05, 3.63) is 24.4 Å². The lowest BCUT2D eigenvalue weighted by Crippen LogP contribution is -2.35. The minimum Gasteiger partial charge on any atom is -0.494 e. The van der Waals surface area contributed by atoms with Gasteiger partial charge in [0.05, 0.1) is 18.8 Å². The van der Waals surface area contributed by atoms with Crippen LogP contribution in [0.5, 0.6) is 5.75 Å². The summed E-state index contributed by atoms with van der Waals surface area (Å²) in [7, 11) is 0. The second kappa shape index (κ2) is 9.41. The van der Waals surface area contributed by atoms with Gasteiger partial charge in [-0.15, -0.1) is 0 Å². The largest absolute Gasteiger partial charge is 0.494 e. The summed E-state index contributed by atoms with van der Waals surface area (Å²) >= 11 is 0. The van der Waals surface area contributed by atoms with E-state index in [1.165, 1.54) is 0 Å². The quantitative estimate of drug-likeness (QED) is 0.524. The number of halogens is 3. The number of hydrogen-bond acceptors (Lipinski definition) is 4. The predicted molar refractivity (Wildman–Crippen MR) is 123 cm³/mol. The normalized spacial score (nSPS) is 29.2. The molecule has 2 heterocycles. The molecule has 3 aliphatic rings. The van der Waals surface area contributed by atoms with Crippen LogP contribution in [-0.2, 0) is 4.79 Å². The second-order valence-electron chi connectivity index (χ2n) is 10.4. The zero-order valence-corrected chi connectivity index (χ0v) is 19.1. The minimum atomic E-state index is -4.12. The molecule has 2 saturated carbocycles. The maximum absolute atomic E-state index is 12.6. The fourth-order valence-electron chi connectivity index (χ4n) is 6.11. The molecule has 1 aromatic carbocycles. The van der Waals surface area contributed by atoms with Gasteiger partial charge in [-0.05, 0) is 74.0 Å².